The summed E-state index contributed by atoms with van der Waals surface area (Å²) in [6.07, 6.45) is 56.5. The first-order valence-electron chi connectivity index (χ1n) is 49.4. The van der Waals surface area contributed by atoms with Crippen molar-refractivity contribution < 1.29 is 9.47 Å². The summed E-state index contributed by atoms with van der Waals surface area (Å²) in [7, 11) is 1.74. The first kappa shape index (κ1) is 88.1. The molecule has 0 aromatic heterocycles. The molecule has 0 bridgehead atoms. The molecule has 16 atom stereocenters. The Hall–Kier alpha value is -6.22. The summed E-state index contributed by atoms with van der Waals surface area (Å²) in [6.45, 7) is 44.3. The number of hydrogen-bond acceptors (Lipinski definition) is 2. The summed E-state index contributed by atoms with van der Waals surface area (Å²) < 4.78 is 11.7. The van der Waals surface area contributed by atoms with Crippen LogP contribution in [0.5, 0.6) is 5.75 Å². The van der Waals surface area contributed by atoms with Gasteiger partial charge in [-0.05, 0) is 370 Å². The molecular formula is C116H160O2. The van der Waals surface area contributed by atoms with Gasteiger partial charge in [0.1, 0.15) is 5.75 Å². The molecule has 2 heteroatoms. The van der Waals surface area contributed by atoms with Crippen LogP contribution < -0.4 is 20.4 Å². The molecule has 8 aliphatic rings. The number of ether oxygens (including phenoxy) is 2. The van der Waals surface area contributed by atoms with E-state index in [0.29, 0.717) is 27.8 Å². The zero-order valence-corrected chi connectivity index (χ0v) is 78.0. The molecule has 9 aromatic rings. The number of aryl methyl sites for hydroxylation is 5. The highest BCUT2D eigenvalue weighted by Gasteiger charge is 2.61. The summed E-state index contributed by atoms with van der Waals surface area (Å²) in [5.74, 6) is 13.1. The van der Waals surface area contributed by atoms with Crippen molar-refractivity contribution in [3.8, 4) is 5.75 Å². The van der Waals surface area contributed by atoms with Gasteiger partial charge in [-0.1, -0.05) is 306 Å². The van der Waals surface area contributed by atoms with Gasteiger partial charge in [0.2, 0.25) is 0 Å². The van der Waals surface area contributed by atoms with Crippen LogP contribution in [0.4, 0.5) is 0 Å². The molecule has 0 radical (unpaired) electrons. The first-order chi connectivity index (χ1) is 57.1. The lowest BCUT2D eigenvalue weighted by Crippen LogP contribution is -2.51. The number of allylic oxidation sites excluding steroid dienone is 3. The Morgan fingerprint density at radius 3 is 1.27 bits per heavy atom. The lowest BCUT2D eigenvalue weighted by molar-refractivity contribution is -0.0638. The summed E-state index contributed by atoms with van der Waals surface area (Å²) in [6, 6.07) is 41.1. The maximum Gasteiger partial charge on any atom is 0.126 e. The molecule has 0 saturated heterocycles. The number of fused-ring (bicyclic) bond motifs is 10. The molecule has 636 valence electrons. The van der Waals surface area contributed by atoms with Crippen LogP contribution in [-0.2, 0) is 36.8 Å². The Balaban J connectivity index is 0.000000140. The average molecular weight is 1590 g/mol. The molecule has 0 heterocycles. The van der Waals surface area contributed by atoms with Crippen LogP contribution in [0.1, 0.15) is 326 Å². The van der Waals surface area contributed by atoms with E-state index in [2.05, 4.69) is 264 Å². The van der Waals surface area contributed by atoms with Gasteiger partial charge in [0, 0.05) is 17.4 Å². The topological polar surface area (TPSA) is 18.5 Å². The van der Waals surface area contributed by atoms with E-state index in [4.69, 9.17) is 9.47 Å². The van der Waals surface area contributed by atoms with Gasteiger partial charge in [0.15, 0.2) is 0 Å². The summed E-state index contributed by atoms with van der Waals surface area (Å²) in [4.78, 5) is 0. The number of hydrogen-bond donors (Lipinski definition) is 0. The molecule has 0 aliphatic heterocycles. The van der Waals surface area contributed by atoms with Crippen LogP contribution in [0.2, 0.25) is 0 Å². The van der Waals surface area contributed by atoms with Crippen molar-refractivity contribution in [1.29, 1.82) is 0 Å². The van der Waals surface area contributed by atoms with Gasteiger partial charge in [0.05, 0.1) is 13.2 Å². The molecule has 6 saturated carbocycles. The standard InChI is InChI=1S/C48H68.C30H52O.C20H22.C18H18O/c1-8-35-17-19-38-20-18-37(40-23-21-36(9-2)45(35)46(38)40)16-11-10-15-34-27-29-47(6)39(31-34)22-24-41-43-26-25-42(33(5)14-12-13-32(3)4)48(43,7)30-28-44(41)47;1-7-19-31-24-15-17-29(5)23(20-24)11-12-25-27-14-13-26(22(4)10-8-9-21(2)3)30(27,6)18-16-28(25)29;1-4-7-16-9-11-17-10-8-14(5-2)19-15(6-3)12-13-18(16)20(17)19;1-4-12-6-7-14-9-11-16(19-3)15-10-8-13(5-2)17(12)18(14)15/h9,17-23,32-34,41-44H,8,10-16,24-31H2,1-7H3;11,21-22,24-28H,7-10,12-20H2,1-6H3;6,8-13H,4-5,7H2,1-3H3;5-11H,4H2,1-3H3/b36-9+;;15-6+;13-5+. The van der Waals surface area contributed by atoms with Crippen molar-refractivity contribution in [2.45, 2.75) is 336 Å². The third-order valence-corrected chi connectivity index (χ3v) is 34.6. The minimum Gasteiger partial charge on any atom is -0.496 e. The normalized spacial score (nSPS) is 28.8. The fourth-order valence-electron chi connectivity index (χ4n) is 28.2. The summed E-state index contributed by atoms with van der Waals surface area (Å²) >= 11 is 0. The minimum atomic E-state index is 0.470. The highest BCUT2D eigenvalue weighted by atomic mass is 16.5. The predicted octanol–water partition coefficient (Wildman–Crippen LogP) is 31.4. The molecule has 16 unspecified atom stereocenters. The van der Waals surface area contributed by atoms with Gasteiger partial charge in [-0.15, -0.1) is 0 Å². The van der Waals surface area contributed by atoms with E-state index >= 15 is 0 Å². The van der Waals surface area contributed by atoms with Crippen LogP contribution in [-0.4, -0.2) is 19.8 Å². The maximum atomic E-state index is 6.19. The molecule has 9 aromatic carbocycles. The van der Waals surface area contributed by atoms with Crippen molar-refractivity contribution in [3.63, 3.8) is 0 Å². The molecule has 0 N–H and O–H groups in total. The van der Waals surface area contributed by atoms with Crippen molar-refractivity contribution in [2.75, 3.05) is 13.7 Å². The van der Waals surface area contributed by atoms with Gasteiger partial charge in [-0.3, -0.25) is 0 Å². The average Bonchev–Trinajstić information content (AvgIpc) is 1.50. The van der Waals surface area contributed by atoms with E-state index in [1.807, 2.05) is 5.57 Å². The highest BCUT2D eigenvalue weighted by molar-refractivity contribution is 6.15. The molecule has 6 fully saturated rings. The van der Waals surface area contributed by atoms with Crippen LogP contribution in [0.15, 0.2) is 132 Å². The Morgan fingerprint density at radius 2 is 0.831 bits per heavy atom. The Labute approximate surface area is 717 Å². The number of unbranched alkanes of at least 4 members (excludes halogenated alkanes) is 1. The molecule has 2 nitrogen and oxygen atoms in total. The Morgan fingerprint density at radius 1 is 0.398 bits per heavy atom. The fraction of sp³-hybridized carbons (Fsp3) is 0.603. The minimum absolute atomic E-state index is 0.470. The highest BCUT2D eigenvalue weighted by Crippen LogP contribution is 2.70. The van der Waals surface area contributed by atoms with E-state index in [0.717, 1.165) is 121 Å². The van der Waals surface area contributed by atoms with Crippen molar-refractivity contribution in [1.82, 2.24) is 0 Å². The predicted molar refractivity (Wildman–Crippen MR) is 516 cm³/mol. The lowest BCUT2D eigenvalue weighted by atomic mass is 9.46. The van der Waals surface area contributed by atoms with Crippen LogP contribution in [0, 0.1) is 98.6 Å². The third kappa shape index (κ3) is 17.2. The van der Waals surface area contributed by atoms with E-state index in [9.17, 15) is 0 Å². The zero-order chi connectivity index (χ0) is 83.4. The van der Waals surface area contributed by atoms with Gasteiger partial charge in [-0.25, -0.2) is 0 Å². The van der Waals surface area contributed by atoms with Gasteiger partial charge >= 0.3 is 0 Å². The Kier molecular flexibility index (Phi) is 28.6. The zero-order valence-electron chi connectivity index (χ0n) is 78.0. The first-order valence-corrected chi connectivity index (χ1v) is 49.4. The van der Waals surface area contributed by atoms with Crippen LogP contribution in [0.3, 0.4) is 0 Å². The molecule has 0 amide bonds. The maximum absolute atomic E-state index is 6.19. The van der Waals surface area contributed by atoms with E-state index < -0.39 is 0 Å². The van der Waals surface area contributed by atoms with Crippen molar-refractivity contribution >= 4 is 82.9 Å². The van der Waals surface area contributed by atoms with Gasteiger partial charge in [0.25, 0.3) is 0 Å². The van der Waals surface area contributed by atoms with Crippen LogP contribution in [0.25, 0.3) is 82.9 Å². The second kappa shape index (κ2) is 38.3. The lowest BCUT2D eigenvalue weighted by Gasteiger charge is -2.58. The summed E-state index contributed by atoms with van der Waals surface area (Å²) in [5.41, 5.74) is 13.2. The van der Waals surface area contributed by atoms with Crippen LogP contribution >= 0.6 is 0 Å². The number of benzene rings is 9. The number of rotatable bonds is 24. The van der Waals surface area contributed by atoms with E-state index in [-0.39, 0.29) is 0 Å². The van der Waals surface area contributed by atoms with Crippen molar-refractivity contribution in [2.24, 2.45) is 98.6 Å². The smallest absolute Gasteiger partial charge is 0.126 e. The van der Waals surface area contributed by atoms with Crippen molar-refractivity contribution in [3.05, 3.63) is 176 Å². The second-order valence-corrected chi connectivity index (χ2v) is 41.8. The molecular weight excluding hydrogens is 1430 g/mol. The number of methoxy groups -OCH3 is 1. The SMILES string of the molecule is C/C=c1\ccc2c(CCC)ccc3ccc(CC)c1c32.C/C=c1\ccc2c(CCCCC3CCC4(C)C(=CCC5C4CCC4(C)C(C(C)CCCC(C)C)CCC54)C3)ccc3ccc(CC)c1c32.C/C=c1\ccc2c(OC)ccc3ccc(CC)c1c32.CCCOC1CCC2(C)C(=CCC3C2CCC2(C)C(C(C)CCCC(C)C)CCC32)C1. The van der Waals surface area contributed by atoms with E-state index in [1.54, 1.807) is 18.2 Å². The van der Waals surface area contributed by atoms with Gasteiger partial charge < -0.3 is 9.47 Å². The molecule has 8 aliphatic carbocycles. The van der Waals surface area contributed by atoms with Gasteiger partial charge in [-0.2, -0.15) is 0 Å². The molecule has 0 spiro atoms. The molecule has 118 heavy (non-hydrogen) atoms. The second-order valence-electron chi connectivity index (χ2n) is 41.8. The fourth-order valence-corrected chi connectivity index (χ4v) is 28.2. The largest absolute Gasteiger partial charge is 0.496 e. The van der Waals surface area contributed by atoms with E-state index in [1.165, 1.54) is 276 Å². The summed E-state index contributed by atoms with van der Waals surface area (Å²) in [5, 5.41) is 20.9. The monoisotopic (exact) mass is 1590 g/mol. The Bertz CT molecular complexity index is 5140. The quantitative estimate of drug-likeness (QED) is 0.0443. The molecule has 17 rings (SSSR count). The third-order valence-electron chi connectivity index (χ3n) is 34.6.